The van der Waals surface area contributed by atoms with Crippen LogP contribution in [0.2, 0.25) is 0 Å². The number of hydrogen-bond acceptors (Lipinski definition) is 6. The molecule has 0 aliphatic heterocycles. The maximum absolute atomic E-state index is 12.8. The van der Waals surface area contributed by atoms with Crippen LogP contribution in [0.25, 0.3) is 0 Å². The Balaban J connectivity index is 4.37. The Labute approximate surface area is 391 Å². The number of ether oxygens (including phenoxy) is 3. The largest absolute Gasteiger partial charge is 0.462 e. The number of rotatable bonds is 50. The van der Waals surface area contributed by atoms with Crippen LogP contribution in [0.3, 0.4) is 0 Å². The van der Waals surface area contributed by atoms with E-state index in [-0.39, 0.29) is 31.1 Å². The van der Waals surface area contributed by atoms with Gasteiger partial charge >= 0.3 is 17.9 Å². The number of carbonyl (C=O) groups is 3. The number of esters is 3. The molecule has 6 heteroatoms. The third kappa shape index (κ3) is 50.5. The molecule has 368 valence electrons. The monoisotopic (exact) mass is 885 g/mol. The first-order chi connectivity index (χ1) is 31.0. The molecule has 0 aromatic carbocycles. The van der Waals surface area contributed by atoms with Crippen LogP contribution in [-0.2, 0) is 28.6 Å². The van der Waals surface area contributed by atoms with E-state index in [1.807, 2.05) is 0 Å². The fourth-order valence-electron chi connectivity index (χ4n) is 7.90. The molecule has 0 rings (SSSR count). The maximum atomic E-state index is 12.8. The lowest BCUT2D eigenvalue weighted by Gasteiger charge is -2.18. The summed E-state index contributed by atoms with van der Waals surface area (Å²) in [5.74, 6) is -0.888. The summed E-state index contributed by atoms with van der Waals surface area (Å²) in [6, 6.07) is 0. The third-order valence-electron chi connectivity index (χ3n) is 12.1. The predicted octanol–water partition coefficient (Wildman–Crippen LogP) is 18.1. The summed E-state index contributed by atoms with van der Waals surface area (Å²) in [4.78, 5) is 38.0. The molecule has 0 unspecified atom stereocenters. The standard InChI is InChI=1S/C57H104O6/c1-4-7-10-13-16-19-22-25-28-29-30-33-35-38-41-44-47-50-56(59)62-53-54(63-57(60)51-48-45-42-39-36-32-27-24-21-18-15-12-9-6-3)52-61-55(58)49-46-43-40-37-34-31-26-23-20-17-14-11-8-5-2/h23-28,54H,4-22,29-53H2,1-3H3/b26-23-,27-24-,28-25-/t54-/m1/s1. The second-order valence-corrected chi connectivity index (χ2v) is 18.5. The van der Waals surface area contributed by atoms with Gasteiger partial charge in [-0.25, -0.2) is 0 Å². The molecule has 0 bridgehead atoms. The molecular formula is C57H104O6. The lowest BCUT2D eigenvalue weighted by molar-refractivity contribution is -0.167. The summed E-state index contributed by atoms with van der Waals surface area (Å²) in [6.45, 7) is 6.62. The van der Waals surface area contributed by atoms with Gasteiger partial charge in [0, 0.05) is 19.3 Å². The minimum Gasteiger partial charge on any atom is -0.462 e. The summed E-state index contributed by atoms with van der Waals surface area (Å²) in [6.07, 6.45) is 61.2. The Kier molecular flexibility index (Phi) is 50.3. The highest BCUT2D eigenvalue weighted by Gasteiger charge is 2.19. The van der Waals surface area contributed by atoms with Gasteiger partial charge in [-0.2, -0.15) is 0 Å². The molecule has 6 nitrogen and oxygen atoms in total. The van der Waals surface area contributed by atoms with E-state index in [1.165, 1.54) is 180 Å². The maximum Gasteiger partial charge on any atom is 0.306 e. The second-order valence-electron chi connectivity index (χ2n) is 18.5. The molecular weight excluding hydrogens is 781 g/mol. The van der Waals surface area contributed by atoms with Gasteiger partial charge in [0.25, 0.3) is 0 Å². The number of hydrogen-bond donors (Lipinski definition) is 0. The van der Waals surface area contributed by atoms with Gasteiger partial charge in [-0.15, -0.1) is 0 Å². The molecule has 0 saturated heterocycles. The lowest BCUT2D eigenvalue weighted by Crippen LogP contribution is -2.30. The van der Waals surface area contributed by atoms with E-state index in [2.05, 4.69) is 57.2 Å². The van der Waals surface area contributed by atoms with Gasteiger partial charge in [-0.3, -0.25) is 14.4 Å². The molecule has 63 heavy (non-hydrogen) atoms. The van der Waals surface area contributed by atoms with Gasteiger partial charge in [-0.05, 0) is 96.3 Å². The van der Waals surface area contributed by atoms with E-state index in [4.69, 9.17) is 14.2 Å². The van der Waals surface area contributed by atoms with Crippen molar-refractivity contribution in [2.75, 3.05) is 13.2 Å². The molecule has 0 saturated carbocycles. The number of unbranched alkanes of at least 4 members (excludes halogenated alkanes) is 33. The first kappa shape index (κ1) is 60.6. The SMILES string of the molecule is CCCCCCC/C=C\CCCCCCCC(=O)OC[C@H](COC(=O)CCCCCCCCC/C=C\CCCCCCCC)OC(=O)CCCCCCC/C=C\CCCCCCC. The third-order valence-corrected chi connectivity index (χ3v) is 12.1. The van der Waals surface area contributed by atoms with Crippen molar-refractivity contribution >= 4 is 17.9 Å². The molecule has 0 spiro atoms. The van der Waals surface area contributed by atoms with Gasteiger partial charge in [0.15, 0.2) is 6.10 Å². The van der Waals surface area contributed by atoms with Crippen LogP contribution in [-0.4, -0.2) is 37.2 Å². The van der Waals surface area contributed by atoms with Crippen molar-refractivity contribution in [3.05, 3.63) is 36.5 Å². The Hall–Kier alpha value is -2.37. The summed E-state index contributed by atoms with van der Waals surface area (Å²) in [7, 11) is 0. The smallest absolute Gasteiger partial charge is 0.306 e. The molecule has 0 heterocycles. The minimum absolute atomic E-state index is 0.0786. The highest BCUT2D eigenvalue weighted by Crippen LogP contribution is 2.15. The van der Waals surface area contributed by atoms with Crippen molar-refractivity contribution in [1.82, 2.24) is 0 Å². The lowest BCUT2D eigenvalue weighted by atomic mass is 10.1. The molecule has 0 aliphatic carbocycles. The van der Waals surface area contributed by atoms with E-state index < -0.39 is 6.10 Å². The summed E-state index contributed by atoms with van der Waals surface area (Å²) >= 11 is 0. The molecule has 0 radical (unpaired) electrons. The molecule has 0 fully saturated rings. The quantitative estimate of drug-likeness (QED) is 0.0262. The highest BCUT2D eigenvalue weighted by atomic mass is 16.6. The van der Waals surface area contributed by atoms with E-state index in [1.54, 1.807) is 0 Å². The van der Waals surface area contributed by atoms with Gasteiger partial charge in [0.2, 0.25) is 0 Å². The molecule has 0 N–H and O–H groups in total. The van der Waals surface area contributed by atoms with Gasteiger partial charge in [0.1, 0.15) is 13.2 Å². The topological polar surface area (TPSA) is 78.9 Å². The fourth-order valence-corrected chi connectivity index (χ4v) is 7.90. The van der Waals surface area contributed by atoms with Crippen molar-refractivity contribution in [3.8, 4) is 0 Å². The Bertz CT molecular complexity index is 1060. The van der Waals surface area contributed by atoms with Gasteiger partial charge < -0.3 is 14.2 Å². The van der Waals surface area contributed by atoms with Crippen LogP contribution >= 0.6 is 0 Å². The van der Waals surface area contributed by atoms with Crippen molar-refractivity contribution in [1.29, 1.82) is 0 Å². The van der Waals surface area contributed by atoms with E-state index in [9.17, 15) is 14.4 Å². The van der Waals surface area contributed by atoms with Crippen LogP contribution < -0.4 is 0 Å². The van der Waals surface area contributed by atoms with Crippen molar-refractivity contribution in [2.45, 2.75) is 297 Å². The molecule has 0 amide bonds. The van der Waals surface area contributed by atoms with E-state index in [0.717, 1.165) is 70.6 Å². The zero-order chi connectivity index (χ0) is 45.8. The molecule has 1 atom stereocenters. The molecule has 0 aliphatic rings. The summed E-state index contributed by atoms with van der Waals surface area (Å²) < 4.78 is 16.8. The number of carbonyl (C=O) groups excluding carboxylic acids is 3. The Morgan fingerprint density at radius 2 is 0.524 bits per heavy atom. The first-order valence-electron chi connectivity index (χ1n) is 27.5. The average Bonchev–Trinajstić information content (AvgIpc) is 3.28. The zero-order valence-electron chi connectivity index (χ0n) is 42.1. The van der Waals surface area contributed by atoms with Gasteiger partial charge in [0.05, 0.1) is 0 Å². The van der Waals surface area contributed by atoms with Crippen LogP contribution in [0.15, 0.2) is 36.5 Å². The molecule has 0 aromatic heterocycles. The highest BCUT2D eigenvalue weighted by molar-refractivity contribution is 5.71. The van der Waals surface area contributed by atoms with Crippen LogP contribution in [0.1, 0.15) is 290 Å². The second kappa shape index (κ2) is 52.3. The first-order valence-corrected chi connectivity index (χ1v) is 27.5. The van der Waals surface area contributed by atoms with Crippen LogP contribution in [0.4, 0.5) is 0 Å². The predicted molar refractivity (Wildman–Crippen MR) is 270 cm³/mol. The van der Waals surface area contributed by atoms with Crippen molar-refractivity contribution in [2.24, 2.45) is 0 Å². The summed E-state index contributed by atoms with van der Waals surface area (Å²) in [5.41, 5.74) is 0. The van der Waals surface area contributed by atoms with Crippen molar-refractivity contribution < 1.29 is 28.6 Å². The van der Waals surface area contributed by atoms with E-state index >= 15 is 0 Å². The summed E-state index contributed by atoms with van der Waals surface area (Å²) in [5, 5.41) is 0. The Morgan fingerprint density at radius 3 is 0.794 bits per heavy atom. The van der Waals surface area contributed by atoms with Gasteiger partial charge in [-0.1, -0.05) is 211 Å². The Morgan fingerprint density at radius 1 is 0.302 bits per heavy atom. The molecule has 0 aromatic rings. The number of allylic oxidation sites excluding steroid dienone is 6. The van der Waals surface area contributed by atoms with Crippen molar-refractivity contribution in [3.63, 3.8) is 0 Å². The fraction of sp³-hybridized carbons (Fsp3) is 0.842. The normalized spacial score (nSPS) is 12.2. The zero-order valence-corrected chi connectivity index (χ0v) is 42.1. The minimum atomic E-state index is -0.779. The van der Waals surface area contributed by atoms with Crippen LogP contribution in [0, 0.1) is 0 Å². The average molecular weight is 885 g/mol. The van der Waals surface area contributed by atoms with Crippen LogP contribution in [0.5, 0.6) is 0 Å². The van der Waals surface area contributed by atoms with E-state index in [0.29, 0.717) is 19.3 Å².